The molecule has 0 aromatic heterocycles. The molecule has 0 N–H and O–H groups in total. The van der Waals surface area contributed by atoms with E-state index in [9.17, 15) is 4.79 Å². The van der Waals surface area contributed by atoms with E-state index < -0.39 is 5.60 Å². The standard InChI is InChI=1S/C17H22BrNO5/c1-17(2,3)24-16(20)19(4)8-13-14-10(5-6-21-13)11(18)7-12-15(14)23-9-22-12/h7,13H,5-6,8-9H2,1-4H3. The normalized spacial score (nSPS) is 19.0. The topological polar surface area (TPSA) is 57.2 Å². The number of carbonyl (C=O) groups excluding carboxylic acids is 1. The smallest absolute Gasteiger partial charge is 0.410 e. The molecule has 132 valence electrons. The van der Waals surface area contributed by atoms with E-state index in [0.717, 1.165) is 27.8 Å². The predicted molar refractivity (Wildman–Crippen MR) is 91.5 cm³/mol. The van der Waals surface area contributed by atoms with Gasteiger partial charge in [0.2, 0.25) is 6.79 Å². The monoisotopic (exact) mass is 399 g/mol. The maximum atomic E-state index is 12.2. The van der Waals surface area contributed by atoms with Crippen LogP contribution in [-0.4, -0.2) is 43.6 Å². The highest BCUT2D eigenvalue weighted by molar-refractivity contribution is 9.10. The molecule has 1 amide bonds. The largest absolute Gasteiger partial charge is 0.454 e. The molecular weight excluding hydrogens is 378 g/mol. The first-order chi connectivity index (χ1) is 11.3. The zero-order valence-electron chi connectivity index (χ0n) is 14.3. The van der Waals surface area contributed by atoms with Crippen LogP contribution in [0.15, 0.2) is 10.5 Å². The maximum absolute atomic E-state index is 12.2. The second-order valence-corrected chi connectivity index (χ2v) is 7.81. The van der Waals surface area contributed by atoms with E-state index in [1.807, 2.05) is 26.8 Å². The van der Waals surface area contributed by atoms with Crippen LogP contribution in [-0.2, 0) is 15.9 Å². The van der Waals surface area contributed by atoms with E-state index >= 15 is 0 Å². The minimum absolute atomic E-state index is 0.201. The summed E-state index contributed by atoms with van der Waals surface area (Å²) in [5, 5.41) is 0. The van der Waals surface area contributed by atoms with Crippen LogP contribution in [0.1, 0.15) is 38.0 Å². The first-order valence-corrected chi connectivity index (χ1v) is 8.72. The van der Waals surface area contributed by atoms with Crippen LogP contribution in [0.3, 0.4) is 0 Å². The summed E-state index contributed by atoms with van der Waals surface area (Å²) in [6.07, 6.45) is 0.139. The van der Waals surface area contributed by atoms with Gasteiger partial charge in [0.1, 0.15) is 11.7 Å². The van der Waals surface area contributed by atoms with Crippen LogP contribution in [0.4, 0.5) is 4.79 Å². The highest BCUT2D eigenvalue weighted by Crippen LogP contribution is 2.47. The summed E-state index contributed by atoms with van der Waals surface area (Å²) < 4.78 is 23.5. The molecule has 0 bridgehead atoms. The molecule has 2 aliphatic heterocycles. The van der Waals surface area contributed by atoms with Crippen molar-refractivity contribution < 1.29 is 23.7 Å². The summed E-state index contributed by atoms with van der Waals surface area (Å²) in [5.41, 5.74) is 1.57. The van der Waals surface area contributed by atoms with Crippen molar-refractivity contribution in [1.29, 1.82) is 0 Å². The first kappa shape index (κ1) is 17.4. The van der Waals surface area contributed by atoms with Crippen molar-refractivity contribution in [3.63, 3.8) is 0 Å². The molecule has 0 fully saturated rings. The molecular formula is C17H22BrNO5. The van der Waals surface area contributed by atoms with Crippen molar-refractivity contribution in [3.8, 4) is 11.5 Å². The molecule has 0 saturated carbocycles. The Balaban J connectivity index is 1.84. The lowest BCUT2D eigenvalue weighted by atomic mass is 9.95. The number of halogens is 1. The van der Waals surface area contributed by atoms with E-state index in [2.05, 4.69) is 15.9 Å². The molecule has 0 saturated heterocycles. The van der Waals surface area contributed by atoms with Gasteiger partial charge in [-0.15, -0.1) is 0 Å². The minimum atomic E-state index is -0.530. The average Bonchev–Trinajstić information content (AvgIpc) is 2.93. The van der Waals surface area contributed by atoms with E-state index in [4.69, 9.17) is 18.9 Å². The zero-order valence-corrected chi connectivity index (χ0v) is 15.9. The molecule has 3 rings (SSSR count). The molecule has 2 heterocycles. The molecule has 1 aromatic carbocycles. The number of benzene rings is 1. The number of carbonyl (C=O) groups is 1. The van der Waals surface area contributed by atoms with Crippen LogP contribution in [0, 0.1) is 0 Å². The molecule has 2 aliphatic rings. The molecule has 6 nitrogen and oxygen atoms in total. The Morgan fingerprint density at radius 1 is 1.42 bits per heavy atom. The lowest BCUT2D eigenvalue weighted by Crippen LogP contribution is -2.38. The third-order valence-electron chi connectivity index (χ3n) is 3.90. The molecule has 1 atom stereocenters. The fourth-order valence-electron chi connectivity index (χ4n) is 2.86. The third-order valence-corrected chi connectivity index (χ3v) is 4.60. The van der Waals surface area contributed by atoms with Gasteiger partial charge in [0.05, 0.1) is 13.2 Å². The van der Waals surface area contributed by atoms with Crippen molar-refractivity contribution in [2.24, 2.45) is 0 Å². The molecule has 1 unspecified atom stereocenters. The Labute approximate surface area is 150 Å². The van der Waals surface area contributed by atoms with E-state index in [0.29, 0.717) is 18.9 Å². The molecule has 7 heteroatoms. The zero-order chi connectivity index (χ0) is 17.5. The van der Waals surface area contributed by atoms with Crippen LogP contribution < -0.4 is 9.47 Å². The summed E-state index contributed by atoms with van der Waals surface area (Å²) in [6, 6.07) is 1.93. The van der Waals surface area contributed by atoms with Crippen molar-refractivity contribution in [2.45, 2.75) is 38.9 Å². The number of hydrogen-bond donors (Lipinski definition) is 0. The quantitative estimate of drug-likeness (QED) is 0.759. The van der Waals surface area contributed by atoms with Gasteiger partial charge in [0, 0.05) is 17.1 Å². The van der Waals surface area contributed by atoms with Crippen LogP contribution >= 0.6 is 15.9 Å². The number of fused-ring (bicyclic) bond motifs is 3. The summed E-state index contributed by atoms with van der Waals surface area (Å²) >= 11 is 3.60. The maximum Gasteiger partial charge on any atom is 0.410 e. The number of likely N-dealkylation sites (N-methyl/N-ethyl adjacent to an activating group) is 1. The van der Waals surface area contributed by atoms with Crippen molar-refractivity contribution in [2.75, 3.05) is 27.0 Å². The van der Waals surface area contributed by atoms with Crippen LogP contribution in [0.25, 0.3) is 0 Å². The number of amides is 1. The van der Waals surface area contributed by atoms with Gasteiger partial charge in [-0.2, -0.15) is 0 Å². The number of rotatable bonds is 2. The van der Waals surface area contributed by atoms with E-state index in [-0.39, 0.29) is 19.0 Å². The second kappa shape index (κ2) is 6.44. The third kappa shape index (κ3) is 3.47. The Morgan fingerprint density at radius 3 is 2.88 bits per heavy atom. The predicted octanol–water partition coefficient (Wildman–Crippen LogP) is 3.66. The lowest BCUT2D eigenvalue weighted by Gasteiger charge is -2.32. The molecule has 1 aromatic rings. The molecule has 24 heavy (non-hydrogen) atoms. The van der Waals surface area contributed by atoms with E-state index in [1.165, 1.54) is 4.90 Å². The van der Waals surface area contributed by atoms with Gasteiger partial charge < -0.3 is 23.8 Å². The van der Waals surface area contributed by atoms with Crippen molar-refractivity contribution >= 4 is 22.0 Å². The average molecular weight is 400 g/mol. The molecule has 0 spiro atoms. The fraction of sp³-hybridized carbons (Fsp3) is 0.588. The Morgan fingerprint density at radius 2 is 2.17 bits per heavy atom. The lowest BCUT2D eigenvalue weighted by molar-refractivity contribution is -0.00267. The number of ether oxygens (including phenoxy) is 4. The van der Waals surface area contributed by atoms with Crippen LogP contribution in [0.2, 0.25) is 0 Å². The van der Waals surface area contributed by atoms with Crippen molar-refractivity contribution in [3.05, 3.63) is 21.7 Å². The summed E-state index contributed by atoms with van der Waals surface area (Å²) in [5.74, 6) is 1.42. The van der Waals surface area contributed by atoms with Crippen LogP contribution in [0.5, 0.6) is 11.5 Å². The van der Waals surface area contributed by atoms with Crippen molar-refractivity contribution in [1.82, 2.24) is 4.90 Å². The fourth-order valence-corrected chi connectivity index (χ4v) is 3.48. The van der Waals surface area contributed by atoms with Gasteiger partial charge in [-0.1, -0.05) is 15.9 Å². The first-order valence-electron chi connectivity index (χ1n) is 7.93. The molecule has 0 radical (unpaired) electrons. The Hall–Kier alpha value is -1.47. The number of hydrogen-bond acceptors (Lipinski definition) is 5. The van der Waals surface area contributed by atoms with Gasteiger partial charge in [-0.05, 0) is 38.8 Å². The summed E-state index contributed by atoms with van der Waals surface area (Å²) in [7, 11) is 1.71. The highest BCUT2D eigenvalue weighted by atomic mass is 79.9. The molecule has 0 aliphatic carbocycles. The second-order valence-electron chi connectivity index (χ2n) is 6.95. The van der Waals surface area contributed by atoms with Gasteiger partial charge >= 0.3 is 6.09 Å². The van der Waals surface area contributed by atoms with Gasteiger partial charge in [0.25, 0.3) is 0 Å². The van der Waals surface area contributed by atoms with Gasteiger partial charge in [-0.25, -0.2) is 4.79 Å². The minimum Gasteiger partial charge on any atom is -0.454 e. The highest BCUT2D eigenvalue weighted by Gasteiger charge is 2.33. The SMILES string of the molecule is CN(CC1OCCc2c(Br)cc3c(c21)OCO3)C(=O)OC(C)(C)C. The Kier molecular flexibility index (Phi) is 4.66. The summed E-state index contributed by atoms with van der Waals surface area (Å²) in [6.45, 7) is 6.72. The van der Waals surface area contributed by atoms with Gasteiger partial charge in [0.15, 0.2) is 11.5 Å². The summed E-state index contributed by atoms with van der Waals surface area (Å²) in [4.78, 5) is 13.8. The number of nitrogens with zero attached hydrogens (tertiary/aromatic N) is 1. The van der Waals surface area contributed by atoms with Gasteiger partial charge in [-0.3, -0.25) is 0 Å². The Bertz CT molecular complexity index is 652. The van der Waals surface area contributed by atoms with E-state index in [1.54, 1.807) is 7.05 Å².